The number of ether oxygens (including phenoxy) is 1. The van der Waals surface area contributed by atoms with Gasteiger partial charge in [0.05, 0.1) is 12.5 Å². The van der Waals surface area contributed by atoms with Gasteiger partial charge in [0.15, 0.2) is 5.78 Å². The Morgan fingerprint density at radius 3 is 2.54 bits per heavy atom. The summed E-state index contributed by atoms with van der Waals surface area (Å²) in [6, 6.07) is 0. The second-order valence-corrected chi connectivity index (χ2v) is 9.39. The Kier molecular flexibility index (Phi) is 3.38. The van der Waals surface area contributed by atoms with E-state index in [0.29, 0.717) is 23.5 Å². The molecule has 5 rings (SSSR count). The van der Waals surface area contributed by atoms with Crippen LogP contribution in [0.25, 0.3) is 0 Å². The Balaban J connectivity index is 1.77. The number of fused-ring (bicyclic) bond motifs is 3. The summed E-state index contributed by atoms with van der Waals surface area (Å²) in [5.41, 5.74) is 0.408. The van der Waals surface area contributed by atoms with Crippen molar-refractivity contribution in [2.24, 2.45) is 34.0 Å². The van der Waals surface area contributed by atoms with Gasteiger partial charge in [0, 0.05) is 5.41 Å². The molecule has 5 aliphatic carbocycles. The highest BCUT2D eigenvalue weighted by Crippen LogP contribution is 2.71. The Labute approximate surface area is 145 Å². The van der Waals surface area contributed by atoms with Gasteiger partial charge in [0.2, 0.25) is 0 Å². The molecule has 5 saturated carbocycles. The molecule has 2 bridgehead atoms. The van der Waals surface area contributed by atoms with Gasteiger partial charge in [0.1, 0.15) is 0 Å². The Morgan fingerprint density at radius 1 is 1.12 bits per heavy atom. The molecule has 132 valence electrons. The van der Waals surface area contributed by atoms with Crippen molar-refractivity contribution < 1.29 is 14.3 Å². The van der Waals surface area contributed by atoms with Crippen LogP contribution in [0.2, 0.25) is 0 Å². The fraction of sp³-hybridized carbons (Fsp3) is 0.810. The van der Waals surface area contributed by atoms with Crippen LogP contribution in [0.15, 0.2) is 12.2 Å². The van der Waals surface area contributed by atoms with Crippen molar-refractivity contribution in [1.29, 1.82) is 0 Å². The molecule has 0 aromatic carbocycles. The molecule has 0 unspecified atom stereocenters. The maximum Gasteiger partial charge on any atom is 0.311 e. The zero-order valence-corrected chi connectivity index (χ0v) is 15.3. The SMILES string of the molecule is C=C1C(=O)[C@]23CC[C@H]1C[C@H]2[C@]1(C)CCC[C@@](C)(C(=O)OC)[C@H]1CC3. The van der Waals surface area contributed by atoms with Crippen LogP contribution in [-0.2, 0) is 14.3 Å². The van der Waals surface area contributed by atoms with Crippen LogP contribution in [-0.4, -0.2) is 18.9 Å². The largest absolute Gasteiger partial charge is 0.469 e. The summed E-state index contributed by atoms with van der Waals surface area (Å²) in [6.07, 6.45) is 8.32. The molecule has 3 nitrogen and oxygen atoms in total. The maximum absolute atomic E-state index is 13.1. The zero-order chi connectivity index (χ0) is 17.3. The van der Waals surface area contributed by atoms with Crippen molar-refractivity contribution in [2.75, 3.05) is 7.11 Å². The number of ketones is 1. The van der Waals surface area contributed by atoms with Crippen molar-refractivity contribution in [3.05, 3.63) is 12.2 Å². The topological polar surface area (TPSA) is 43.4 Å². The van der Waals surface area contributed by atoms with E-state index in [9.17, 15) is 9.59 Å². The van der Waals surface area contributed by atoms with E-state index in [0.717, 1.165) is 56.9 Å². The molecule has 0 amide bonds. The van der Waals surface area contributed by atoms with Crippen molar-refractivity contribution in [3.63, 3.8) is 0 Å². The van der Waals surface area contributed by atoms with Gasteiger partial charge >= 0.3 is 5.97 Å². The average Bonchev–Trinajstić information content (AvgIpc) is 2.58. The average molecular weight is 330 g/mol. The van der Waals surface area contributed by atoms with Crippen molar-refractivity contribution in [3.8, 4) is 0 Å². The van der Waals surface area contributed by atoms with E-state index in [-0.39, 0.29) is 22.2 Å². The van der Waals surface area contributed by atoms with E-state index < -0.39 is 0 Å². The van der Waals surface area contributed by atoms with Crippen LogP contribution in [0.1, 0.15) is 65.2 Å². The lowest BCUT2D eigenvalue weighted by atomic mass is 9.36. The number of rotatable bonds is 1. The van der Waals surface area contributed by atoms with Crippen molar-refractivity contribution in [1.82, 2.24) is 0 Å². The van der Waals surface area contributed by atoms with Gasteiger partial charge in [0.25, 0.3) is 0 Å². The van der Waals surface area contributed by atoms with E-state index in [4.69, 9.17) is 4.74 Å². The summed E-state index contributed by atoms with van der Waals surface area (Å²) in [6.45, 7) is 8.62. The number of methoxy groups -OCH3 is 1. The Morgan fingerprint density at radius 2 is 1.83 bits per heavy atom. The molecule has 6 atom stereocenters. The van der Waals surface area contributed by atoms with Gasteiger partial charge in [-0.3, -0.25) is 9.59 Å². The van der Waals surface area contributed by atoms with E-state index in [2.05, 4.69) is 20.4 Å². The highest BCUT2D eigenvalue weighted by molar-refractivity contribution is 6.02. The molecule has 5 fully saturated rings. The summed E-state index contributed by atoms with van der Waals surface area (Å²) in [5.74, 6) is 1.45. The summed E-state index contributed by atoms with van der Waals surface area (Å²) >= 11 is 0. The highest BCUT2D eigenvalue weighted by Gasteiger charge is 2.67. The monoisotopic (exact) mass is 330 g/mol. The van der Waals surface area contributed by atoms with Crippen LogP contribution >= 0.6 is 0 Å². The molecule has 24 heavy (non-hydrogen) atoms. The molecule has 0 aromatic rings. The minimum Gasteiger partial charge on any atom is -0.469 e. The number of hydrogen-bond donors (Lipinski definition) is 0. The number of carbonyl (C=O) groups excluding carboxylic acids is 2. The number of carbonyl (C=O) groups is 2. The molecule has 3 heteroatoms. The third-order valence-electron chi connectivity index (χ3n) is 8.67. The first-order chi connectivity index (χ1) is 11.3. The highest BCUT2D eigenvalue weighted by atomic mass is 16.5. The normalized spacial score (nSPS) is 50.2. The number of allylic oxidation sites excluding steroid dienone is 1. The molecule has 0 aliphatic heterocycles. The zero-order valence-electron chi connectivity index (χ0n) is 15.3. The molecule has 0 N–H and O–H groups in total. The summed E-state index contributed by atoms with van der Waals surface area (Å²) < 4.78 is 5.20. The van der Waals surface area contributed by atoms with Crippen molar-refractivity contribution >= 4 is 11.8 Å². The third kappa shape index (κ3) is 1.74. The predicted octanol–water partition coefficient (Wildman–Crippen LogP) is 4.31. The van der Waals surface area contributed by atoms with Gasteiger partial charge in [-0.1, -0.05) is 19.9 Å². The van der Waals surface area contributed by atoms with Crippen LogP contribution in [0.4, 0.5) is 0 Å². The number of hydrogen-bond acceptors (Lipinski definition) is 3. The first-order valence-corrected chi connectivity index (χ1v) is 9.61. The van der Waals surface area contributed by atoms with Crippen LogP contribution < -0.4 is 0 Å². The lowest BCUT2D eigenvalue weighted by Gasteiger charge is -2.66. The molecule has 0 heterocycles. The van der Waals surface area contributed by atoms with Gasteiger partial charge in [-0.15, -0.1) is 0 Å². The van der Waals surface area contributed by atoms with E-state index in [1.165, 1.54) is 7.11 Å². The molecule has 1 spiro atoms. The van der Waals surface area contributed by atoms with Gasteiger partial charge in [-0.05, 0) is 80.6 Å². The lowest BCUT2D eigenvalue weighted by Crippen LogP contribution is -2.64. The van der Waals surface area contributed by atoms with Gasteiger partial charge in [-0.25, -0.2) is 0 Å². The Hall–Kier alpha value is -1.12. The standard InChI is InChI=1S/C21H30O3/c1-13-14-6-10-21(17(13)22)11-7-15-19(2,16(21)12-14)8-5-9-20(15,3)18(23)24-4/h14-16H,1,5-12H2,2-4H3/t14-,15-,16-,19+,20+,21-/m0/s1. The first-order valence-electron chi connectivity index (χ1n) is 9.61. The lowest BCUT2D eigenvalue weighted by molar-refractivity contribution is -0.193. The number of esters is 1. The summed E-state index contributed by atoms with van der Waals surface area (Å²) in [4.78, 5) is 25.7. The van der Waals surface area contributed by atoms with Crippen LogP contribution in [0, 0.1) is 34.0 Å². The number of Topliss-reactive ketones (excluding diaryl/α,β-unsaturated/α-hetero) is 1. The predicted molar refractivity (Wildman–Crippen MR) is 92.2 cm³/mol. The molecule has 0 aromatic heterocycles. The maximum atomic E-state index is 13.1. The minimum absolute atomic E-state index is 0.0499. The van der Waals surface area contributed by atoms with E-state index in [1.807, 2.05) is 0 Å². The second kappa shape index (κ2) is 4.95. The molecular formula is C21H30O3. The van der Waals surface area contributed by atoms with Gasteiger partial charge in [-0.2, -0.15) is 0 Å². The fourth-order valence-corrected chi connectivity index (χ4v) is 7.50. The molecule has 0 saturated heterocycles. The Bertz CT molecular complexity index is 623. The quantitative estimate of drug-likeness (QED) is 0.531. The molecule has 5 aliphatic rings. The molecular weight excluding hydrogens is 300 g/mol. The third-order valence-corrected chi connectivity index (χ3v) is 8.67. The van der Waals surface area contributed by atoms with Crippen LogP contribution in [0.5, 0.6) is 0 Å². The second-order valence-electron chi connectivity index (χ2n) is 9.39. The van der Waals surface area contributed by atoms with Crippen molar-refractivity contribution in [2.45, 2.75) is 65.2 Å². The first kappa shape index (κ1) is 16.4. The molecule has 0 radical (unpaired) electrons. The minimum atomic E-state index is -0.389. The van der Waals surface area contributed by atoms with Crippen LogP contribution in [0.3, 0.4) is 0 Å². The summed E-state index contributed by atoms with van der Waals surface area (Å²) in [5, 5.41) is 0. The fourth-order valence-electron chi connectivity index (χ4n) is 7.50. The van der Waals surface area contributed by atoms with E-state index in [1.54, 1.807) is 0 Å². The van der Waals surface area contributed by atoms with E-state index >= 15 is 0 Å². The van der Waals surface area contributed by atoms with Gasteiger partial charge < -0.3 is 4.74 Å². The summed E-state index contributed by atoms with van der Waals surface area (Å²) in [7, 11) is 1.51. The smallest absolute Gasteiger partial charge is 0.311 e.